The second kappa shape index (κ2) is 6.87. The van der Waals surface area contributed by atoms with E-state index in [1.165, 1.54) is 11.1 Å². The summed E-state index contributed by atoms with van der Waals surface area (Å²) in [5.41, 5.74) is 2.68. The third-order valence-electron chi connectivity index (χ3n) is 3.40. The van der Waals surface area contributed by atoms with Crippen LogP contribution in [0, 0.1) is 0 Å². The monoisotopic (exact) mass is 344 g/mol. The summed E-state index contributed by atoms with van der Waals surface area (Å²) in [7, 11) is 0. The smallest absolute Gasteiger partial charge is 0.219 e. The molecule has 1 aromatic heterocycles. The van der Waals surface area contributed by atoms with Crippen LogP contribution in [0.5, 0.6) is 11.6 Å². The molecule has 108 valence electrons. The number of hydrogen-bond donors (Lipinski definition) is 1. The van der Waals surface area contributed by atoms with Gasteiger partial charge in [-0.2, -0.15) is 0 Å². The number of piperidine rings is 1. The van der Waals surface area contributed by atoms with Gasteiger partial charge in [0.2, 0.25) is 5.88 Å². The van der Waals surface area contributed by atoms with E-state index in [4.69, 9.17) is 4.74 Å². The minimum absolute atomic E-state index is 0.602. The lowest BCUT2D eigenvalue weighted by Gasteiger charge is -2.15. The Labute approximate surface area is 133 Å². The molecule has 0 bridgehead atoms. The van der Waals surface area contributed by atoms with E-state index in [2.05, 4.69) is 44.4 Å². The molecular weight excluding hydrogens is 328 g/mol. The van der Waals surface area contributed by atoms with E-state index in [9.17, 15) is 0 Å². The minimum Gasteiger partial charge on any atom is -0.439 e. The number of halogens is 1. The molecule has 2 heterocycles. The van der Waals surface area contributed by atoms with Gasteiger partial charge >= 0.3 is 0 Å². The van der Waals surface area contributed by atoms with Crippen molar-refractivity contribution in [2.24, 2.45) is 0 Å². The summed E-state index contributed by atoms with van der Waals surface area (Å²) >= 11 is 3.37. The molecule has 1 N–H and O–H groups in total. The number of benzene rings is 1. The van der Waals surface area contributed by atoms with Gasteiger partial charge in [-0.05, 0) is 65.6 Å². The number of nitrogens with zero attached hydrogens (tertiary/aromatic N) is 1. The molecule has 0 aliphatic carbocycles. The lowest BCUT2D eigenvalue weighted by molar-refractivity contribution is 0.462. The first kappa shape index (κ1) is 14.3. The van der Waals surface area contributed by atoms with Gasteiger partial charge in [0.15, 0.2) is 0 Å². The fourth-order valence-electron chi connectivity index (χ4n) is 2.34. The van der Waals surface area contributed by atoms with Gasteiger partial charge in [-0.25, -0.2) is 4.98 Å². The SMILES string of the molecule is Brc1ccc(Oc2cccc(C=C3CCNCC3)c2)nc1. The highest BCUT2D eigenvalue weighted by Gasteiger charge is 2.05. The Kier molecular flexibility index (Phi) is 4.68. The molecule has 0 atom stereocenters. The Hall–Kier alpha value is -1.65. The lowest BCUT2D eigenvalue weighted by atomic mass is 10.0. The standard InChI is InChI=1S/C17H17BrN2O/c18-15-4-5-17(20-12-15)21-16-3-1-2-14(11-16)10-13-6-8-19-9-7-13/h1-5,10-12,19H,6-9H2. The van der Waals surface area contributed by atoms with Crippen LogP contribution in [0.4, 0.5) is 0 Å². The Morgan fingerprint density at radius 1 is 1.14 bits per heavy atom. The van der Waals surface area contributed by atoms with Crippen LogP contribution in [0.1, 0.15) is 18.4 Å². The Morgan fingerprint density at radius 2 is 2.00 bits per heavy atom. The quantitative estimate of drug-likeness (QED) is 0.895. The van der Waals surface area contributed by atoms with Crippen molar-refractivity contribution in [1.29, 1.82) is 0 Å². The van der Waals surface area contributed by atoms with Crippen molar-refractivity contribution in [3.63, 3.8) is 0 Å². The van der Waals surface area contributed by atoms with Crippen molar-refractivity contribution in [2.45, 2.75) is 12.8 Å². The molecule has 2 aromatic rings. The molecule has 1 aliphatic rings. The first-order chi connectivity index (χ1) is 10.3. The third kappa shape index (κ3) is 4.16. The molecule has 1 aliphatic heterocycles. The van der Waals surface area contributed by atoms with Crippen LogP contribution in [0.25, 0.3) is 6.08 Å². The highest BCUT2D eigenvalue weighted by Crippen LogP contribution is 2.23. The van der Waals surface area contributed by atoms with Crippen LogP contribution in [0.2, 0.25) is 0 Å². The van der Waals surface area contributed by atoms with Gasteiger partial charge in [0.05, 0.1) is 0 Å². The van der Waals surface area contributed by atoms with Gasteiger partial charge < -0.3 is 10.1 Å². The second-order valence-electron chi connectivity index (χ2n) is 5.04. The van der Waals surface area contributed by atoms with Crippen LogP contribution in [0.15, 0.2) is 52.6 Å². The summed E-state index contributed by atoms with van der Waals surface area (Å²) in [4.78, 5) is 4.23. The number of ether oxygens (including phenoxy) is 1. The third-order valence-corrected chi connectivity index (χ3v) is 3.87. The first-order valence-electron chi connectivity index (χ1n) is 7.09. The van der Waals surface area contributed by atoms with Gasteiger partial charge in [-0.15, -0.1) is 0 Å². The van der Waals surface area contributed by atoms with E-state index < -0.39 is 0 Å². The van der Waals surface area contributed by atoms with E-state index in [1.807, 2.05) is 24.3 Å². The van der Waals surface area contributed by atoms with Crippen molar-refractivity contribution in [3.05, 3.63) is 58.2 Å². The molecular formula is C17H17BrN2O. The minimum atomic E-state index is 0.602. The van der Waals surface area contributed by atoms with Gasteiger partial charge in [0.1, 0.15) is 5.75 Å². The average molecular weight is 345 g/mol. The summed E-state index contributed by atoms with van der Waals surface area (Å²) in [5, 5.41) is 3.37. The maximum absolute atomic E-state index is 5.79. The molecule has 0 spiro atoms. The van der Waals surface area contributed by atoms with Crippen molar-refractivity contribution in [3.8, 4) is 11.6 Å². The lowest BCUT2D eigenvalue weighted by Crippen LogP contribution is -2.22. The highest BCUT2D eigenvalue weighted by atomic mass is 79.9. The zero-order valence-corrected chi connectivity index (χ0v) is 13.3. The van der Waals surface area contributed by atoms with E-state index >= 15 is 0 Å². The van der Waals surface area contributed by atoms with Crippen molar-refractivity contribution in [1.82, 2.24) is 10.3 Å². The zero-order valence-electron chi connectivity index (χ0n) is 11.7. The van der Waals surface area contributed by atoms with Gasteiger partial charge in [0.25, 0.3) is 0 Å². The van der Waals surface area contributed by atoms with Crippen LogP contribution < -0.4 is 10.1 Å². The fraction of sp³-hybridized carbons (Fsp3) is 0.235. The Balaban J connectivity index is 1.75. The number of rotatable bonds is 3. The average Bonchev–Trinajstić information content (AvgIpc) is 2.51. The number of nitrogens with one attached hydrogen (secondary N) is 1. The van der Waals surface area contributed by atoms with Crippen LogP contribution in [-0.4, -0.2) is 18.1 Å². The van der Waals surface area contributed by atoms with Crippen LogP contribution in [0.3, 0.4) is 0 Å². The molecule has 0 unspecified atom stereocenters. The van der Waals surface area contributed by atoms with Crippen LogP contribution >= 0.6 is 15.9 Å². The summed E-state index contributed by atoms with van der Waals surface area (Å²) in [5.74, 6) is 1.41. The molecule has 3 rings (SSSR count). The maximum Gasteiger partial charge on any atom is 0.219 e. The topological polar surface area (TPSA) is 34.1 Å². The Bertz CT molecular complexity index is 629. The predicted molar refractivity (Wildman–Crippen MR) is 88.5 cm³/mol. The molecule has 1 aromatic carbocycles. The molecule has 21 heavy (non-hydrogen) atoms. The maximum atomic E-state index is 5.79. The van der Waals surface area contributed by atoms with E-state index in [0.29, 0.717) is 5.88 Å². The van der Waals surface area contributed by atoms with Crippen LogP contribution in [-0.2, 0) is 0 Å². The van der Waals surface area contributed by atoms with Gasteiger partial charge in [-0.3, -0.25) is 0 Å². The fourth-order valence-corrected chi connectivity index (χ4v) is 2.57. The van der Waals surface area contributed by atoms with E-state index in [0.717, 1.165) is 36.2 Å². The summed E-state index contributed by atoms with van der Waals surface area (Å²) in [6, 6.07) is 11.9. The second-order valence-corrected chi connectivity index (χ2v) is 5.96. The molecule has 4 heteroatoms. The normalized spacial score (nSPS) is 14.8. The summed E-state index contributed by atoms with van der Waals surface area (Å²) in [6.45, 7) is 2.15. The van der Waals surface area contributed by atoms with E-state index in [1.54, 1.807) is 6.20 Å². The van der Waals surface area contributed by atoms with Crippen molar-refractivity contribution >= 4 is 22.0 Å². The molecule has 0 saturated carbocycles. The highest BCUT2D eigenvalue weighted by molar-refractivity contribution is 9.10. The van der Waals surface area contributed by atoms with Crippen molar-refractivity contribution < 1.29 is 4.74 Å². The molecule has 0 radical (unpaired) electrons. The molecule has 3 nitrogen and oxygen atoms in total. The molecule has 0 amide bonds. The summed E-state index contributed by atoms with van der Waals surface area (Å²) in [6.07, 6.45) is 6.25. The van der Waals surface area contributed by atoms with Crippen molar-refractivity contribution in [2.75, 3.05) is 13.1 Å². The predicted octanol–water partition coefficient (Wildman–Crippen LogP) is 4.40. The van der Waals surface area contributed by atoms with Gasteiger partial charge in [0, 0.05) is 16.7 Å². The van der Waals surface area contributed by atoms with Gasteiger partial charge in [-0.1, -0.05) is 23.8 Å². The Morgan fingerprint density at radius 3 is 2.76 bits per heavy atom. The van der Waals surface area contributed by atoms with E-state index in [-0.39, 0.29) is 0 Å². The largest absolute Gasteiger partial charge is 0.439 e. The first-order valence-corrected chi connectivity index (χ1v) is 7.88. The zero-order chi connectivity index (χ0) is 14.5. The number of pyridine rings is 1. The molecule has 1 fully saturated rings. The number of hydrogen-bond acceptors (Lipinski definition) is 3. The summed E-state index contributed by atoms with van der Waals surface area (Å²) < 4.78 is 6.73. The molecule has 1 saturated heterocycles. The number of aromatic nitrogens is 1.